The lowest BCUT2D eigenvalue weighted by Gasteiger charge is -2.37. The largest absolute Gasteiger partial charge is 0.558 e. The van der Waals surface area contributed by atoms with Crippen molar-refractivity contribution in [2.75, 3.05) is 0 Å². The zero-order chi connectivity index (χ0) is 15.6. The van der Waals surface area contributed by atoms with Crippen molar-refractivity contribution < 1.29 is 9.31 Å². The smallest absolute Gasteiger partial charge is 0.263 e. The molecule has 0 unspecified atom stereocenters. The van der Waals surface area contributed by atoms with Gasteiger partial charge in [-0.15, -0.1) is 6.32 Å². The first kappa shape index (κ1) is 16.8. The van der Waals surface area contributed by atoms with Gasteiger partial charge >= 0.3 is 0 Å². The Labute approximate surface area is 131 Å². The van der Waals surface area contributed by atoms with Gasteiger partial charge in [-0.1, -0.05) is 37.5 Å². The van der Waals surface area contributed by atoms with Crippen LogP contribution in [0.3, 0.4) is 0 Å². The quantitative estimate of drug-likeness (QED) is 0.629. The summed E-state index contributed by atoms with van der Waals surface area (Å²) < 4.78 is 12.9. The first-order chi connectivity index (χ1) is 9.80. The standard InChI is InChI=1S/C18H32BO2/c1-6-7-14-19(15-13-16-11-9-8-10-12-16)20-17(2,3)18(4,5)21-19/h11,13,15H,6-10,12,14H2,1-5H3/q-1/b15-13+. The van der Waals surface area contributed by atoms with Gasteiger partial charge in [0.05, 0.1) is 0 Å². The Bertz CT molecular complexity index is 405. The minimum absolute atomic E-state index is 0.244. The van der Waals surface area contributed by atoms with E-state index in [4.69, 9.17) is 9.31 Å². The fourth-order valence-corrected chi connectivity index (χ4v) is 3.37. The molecular weight excluding hydrogens is 259 g/mol. The van der Waals surface area contributed by atoms with Gasteiger partial charge in [-0.05, 0) is 53.4 Å². The molecule has 21 heavy (non-hydrogen) atoms. The highest BCUT2D eigenvalue weighted by molar-refractivity contribution is 6.73. The van der Waals surface area contributed by atoms with Crippen LogP contribution in [0.2, 0.25) is 6.32 Å². The molecule has 0 spiro atoms. The minimum Gasteiger partial charge on any atom is -0.558 e. The Hall–Kier alpha value is -0.535. The second kappa shape index (κ2) is 6.30. The molecule has 0 amide bonds. The molecule has 0 atom stereocenters. The van der Waals surface area contributed by atoms with E-state index < -0.39 is 6.55 Å². The highest BCUT2D eigenvalue weighted by Gasteiger charge is 2.49. The Morgan fingerprint density at radius 1 is 1.14 bits per heavy atom. The van der Waals surface area contributed by atoms with Gasteiger partial charge in [0.25, 0.3) is 6.55 Å². The number of allylic oxidation sites excluding steroid dienone is 3. The first-order valence-corrected chi connectivity index (χ1v) is 8.75. The van der Waals surface area contributed by atoms with Crippen molar-refractivity contribution in [1.82, 2.24) is 0 Å². The molecule has 0 aromatic rings. The van der Waals surface area contributed by atoms with Gasteiger partial charge < -0.3 is 9.31 Å². The highest BCUT2D eigenvalue weighted by atomic mass is 16.7. The van der Waals surface area contributed by atoms with Crippen LogP contribution < -0.4 is 0 Å². The van der Waals surface area contributed by atoms with Gasteiger partial charge in [0.2, 0.25) is 0 Å². The molecule has 1 heterocycles. The van der Waals surface area contributed by atoms with Crippen molar-refractivity contribution in [3.05, 3.63) is 23.7 Å². The van der Waals surface area contributed by atoms with E-state index in [2.05, 4.69) is 52.7 Å². The Balaban J connectivity index is 2.18. The van der Waals surface area contributed by atoms with E-state index in [-0.39, 0.29) is 11.2 Å². The zero-order valence-corrected chi connectivity index (χ0v) is 14.6. The molecular formula is C18H32BO2-. The molecule has 2 nitrogen and oxygen atoms in total. The lowest BCUT2D eigenvalue weighted by Crippen LogP contribution is -2.41. The van der Waals surface area contributed by atoms with E-state index in [0.29, 0.717) is 0 Å². The summed E-state index contributed by atoms with van der Waals surface area (Å²) in [6.07, 6.45) is 13.0. The lowest BCUT2D eigenvalue weighted by atomic mass is 9.53. The Kier molecular flexibility index (Phi) is 5.05. The van der Waals surface area contributed by atoms with Crippen molar-refractivity contribution in [2.45, 2.75) is 90.7 Å². The molecule has 1 aliphatic carbocycles. The third kappa shape index (κ3) is 3.81. The second-order valence-electron chi connectivity index (χ2n) is 7.72. The van der Waals surface area contributed by atoms with Crippen LogP contribution in [0.4, 0.5) is 0 Å². The summed E-state index contributed by atoms with van der Waals surface area (Å²) in [7, 11) is 0. The molecule has 0 radical (unpaired) electrons. The zero-order valence-electron chi connectivity index (χ0n) is 14.6. The van der Waals surface area contributed by atoms with Gasteiger partial charge in [0.15, 0.2) is 0 Å². The third-order valence-corrected chi connectivity index (χ3v) is 5.33. The van der Waals surface area contributed by atoms with E-state index in [9.17, 15) is 0 Å². The molecule has 0 aromatic heterocycles. The first-order valence-electron chi connectivity index (χ1n) is 8.75. The van der Waals surface area contributed by atoms with Gasteiger partial charge in [-0.2, -0.15) is 5.98 Å². The van der Waals surface area contributed by atoms with Crippen molar-refractivity contribution in [2.24, 2.45) is 0 Å². The molecule has 1 fully saturated rings. The van der Waals surface area contributed by atoms with E-state index in [1.807, 2.05) is 0 Å². The number of hydrogen-bond donors (Lipinski definition) is 0. The number of rotatable bonds is 5. The third-order valence-electron chi connectivity index (χ3n) is 5.33. The van der Waals surface area contributed by atoms with Crippen LogP contribution in [0.25, 0.3) is 0 Å². The molecule has 0 saturated carbocycles. The van der Waals surface area contributed by atoms with Crippen LogP contribution in [-0.4, -0.2) is 17.8 Å². The van der Waals surface area contributed by atoms with Crippen molar-refractivity contribution >= 4 is 6.55 Å². The molecule has 2 rings (SSSR count). The summed E-state index contributed by atoms with van der Waals surface area (Å²) in [5, 5.41) is 0. The van der Waals surface area contributed by atoms with Crippen LogP contribution >= 0.6 is 0 Å². The average Bonchev–Trinajstić information content (AvgIpc) is 2.61. The van der Waals surface area contributed by atoms with Gasteiger partial charge in [0, 0.05) is 11.2 Å². The molecule has 120 valence electrons. The molecule has 3 heteroatoms. The van der Waals surface area contributed by atoms with Crippen molar-refractivity contribution in [1.29, 1.82) is 0 Å². The summed E-state index contributed by atoms with van der Waals surface area (Å²) in [4.78, 5) is 0. The molecule has 0 N–H and O–H groups in total. The van der Waals surface area contributed by atoms with Crippen molar-refractivity contribution in [3.8, 4) is 0 Å². The minimum atomic E-state index is -1.31. The summed E-state index contributed by atoms with van der Waals surface area (Å²) in [5.74, 6) is 2.24. The lowest BCUT2D eigenvalue weighted by molar-refractivity contribution is 0.00578. The van der Waals surface area contributed by atoms with E-state index in [0.717, 1.165) is 12.7 Å². The number of hydrogen-bond acceptors (Lipinski definition) is 2. The van der Waals surface area contributed by atoms with Gasteiger partial charge in [-0.25, -0.2) is 0 Å². The topological polar surface area (TPSA) is 18.5 Å². The summed E-state index contributed by atoms with van der Waals surface area (Å²) in [6, 6.07) is 0. The Morgan fingerprint density at radius 3 is 2.33 bits per heavy atom. The second-order valence-corrected chi connectivity index (χ2v) is 7.72. The Morgan fingerprint density at radius 2 is 1.81 bits per heavy atom. The fourth-order valence-electron chi connectivity index (χ4n) is 3.37. The van der Waals surface area contributed by atoms with Crippen LogP contribution in [0.1, 0.15) is 73.1 Å². The highest BCUT2D eigenvalue weighted by Crippen LogP contribution is 2.44. The average molecular weight is 291 g/mol. The summed E-state index contributed by atoms with van der Waals surface area (Å²) >= 11 is 0. The van der Waals surface area contributed by atoms with Crippen LogP contribution in [-0.2, 0) is 9.31 Å². The summed E-state index contributed by atoms with van der Waals surface area (Å²) in [6.45, 7) is 9.51. The van der Waals surface area contributed by atoms with Crippen molar-refractivity contribution in [3.63, 3.8) is 0 Å². The molecule has 0 bridgehead atoms. The number of unbranched alkanes of at least 4 members (excludes halogenated alkanes) is 1. The SMILES string of the molecule is CCCC[B-]1(/C=C/C2=CCCCC2)OC(C)(C)C(C)(C)O1. The molecule has 1 saturated heterocycles. The van der Waals surface area contributed by atoms with E-state index in [1.165, 1.54) is 37.7 Å². The predicted octanol–water partition coefficient (Wildman–Crippen LogP) is 5.43. The summed E-state index contributed by atoms with van der Waals surface area (Å²) in [5.41, 5.74) is 0.964. The maximum absolute atomic E-state index is 6.47. The fraction of sp³-hybridized carbons (Fsp3) is 0.778. The van der Waals surface area contributed by atoms with Gasteiger partial charge in [0.1, 0.15) is 0 Å². The van der Waals surface area contributed by atoms with Gasteiger partial charge in [-0.3, -0.25) is 0 Å². The predicted molar refractivity (Wildman–Crippen MR) is 91.5 cm³/mol. The monoisotopic (exact) mass is 291 g/mol. The molecule has 0 aromatic carbocycles. The van der Waals surface area contributed by atoms with Crippen LogP contribution in [0, 0.1) is 0 Å². The molecule has 2 aliphatic rings. The van der Waals surface area contributed by atoms with Crippen LogP contribution in [0.5, 0.6) is 0 Å². The van der Waals surface area contributed by atoms with E-state index in [1.54, 1.807) is 0 Å². The maximum atomic E-state index is 6.47. The normalized spacial score (nSPS) is 27.0. The van der Waals surface area contributed by atoms with E-state index >= 15 is 0 Å². The molecule has 1 aliphatic heterocycles. The van der Waals surface area contributed by atoms with Crippen LogP contribution in [0.15, 0.2) is 23.7 Å². The maximum Gasteiger partial charge on any atom is 0.263 e.